The van der Waals surface area contributed by atoms with Gasteiger partial charge in [-0.15, -0.1) is 0 Å². The summed E-state index contributed by atoms with van der Waals surface area (Å²) in [5, 5.41) is 8.97. The molecule has 0 aliphatic heterocycles. The number of hydrogen-bond donors (Lipinski definition) is 0. The highest BCUT2D eigenvalue weighted by Gasteiger charge is 2.20. The first-order valence-electron chi connectivity index (χ1n) is 5.75. The molecule has 3 nitrogen and oxygen atoms in total. The van der Waals surface area contributed by atoms with E-state index in [-0.39, 0.29) is 0 Å². The fourth-order valence-corrected chi connectivity index (χ4v) is 1.36. The third-order valence-electron chi connectivity index (χ3n) is 2.12. The summed E-state index contributed by atoms with van der Waals surface area (Å²) in [6.07, 6.45) is 1.93. The van der Waals surface area contributed by atoms with Crippen molar-refractivity contribution in [3.8, 4) is 0 Å². The summed E-state index contributed by atoms with van der Waals surface area (Å²) in [6.45, 7) is 0. The molecule has 2 aromatic rings. The van der Waals surface area contributed by atoms with Crippen LogP contribution in [0.3, 0.4) is 0 Å². The maximum Gasteiger partial charge on any atom is 0.673 e. The van der Waals surface area contributed by atoms with Crippen molar-refractivity contribution in [2.45, 2.75) is 0 Å². The Hall–Kier alpha value is -1.96. The van der Waals surface area contributed by atoms with Crippen LogP contribution in [0.25, 0.3) is 0 Å². The van der Waals surface area contributed by atoms with Crippen LogP contribution in [0.15, 0.2) is 58.9 Å². The molecule has 0 amide bonds. The van der Waals surface area contributed by atoms with Crippen molar-refractivity contribution >= 4 is 30.4 Å². The van der Waals surface area contributed by atoms with E-state index in [1.807, 2.05) is 48.1 Å². The highest BCUT2D eigenvalue weighted by Crippen LogP contribution is 2.18. The summed E-state index contributed by atoms with van der Waals surface area (Å²) in [6, 6.07) is 13.0. The van der Waals surface area contributed by atoms with Gasteiger partial charge in [-0.2, -0.15) is 0 Å². The lowest BCUT2D eigenvalue weighted by molar-refractivity contribution is -0.658. The van der Waals surface area contributed by atoms with Crippen LogP contribution in [0.2, 0.25) is 5.02 Å². The van der Waals surface area contributed by atoms with Gasteiger partial charge < -0.3 is 17.3 Å². The van der Waals surface area contributed by atoms with Gasteiger partial charge >= 0.3 is 13.1 Å². The second-order valence-corrected chi connectivity index (χ2v) is 4.28. The minimum atomic E-state index is -6.00. The fraction of sp³-hybridized carbons (Fsp3) is 0.0833. The highest BCUT2D eigenvalue weighted by atomic mass is 35.5. The summed E-state index contributed by atoms with van der Waals surface area (Å²) in [5.74, 6) is 0.803. The van der Waals surface area contributed by atoms with Gasteiger partial charge in [0.25, 0.3) is 0 Å². The van der Waals surface area contributed by atoms with Gasteiger partial charge in [0.15, 0.2) is 0 Å². The molecule has 1 heterocycles. The molecule has 0 aliphatic rings. The highest BCUT2D eigenvalue weighted by molar-refractivity contribution is 6.50. The monoisotopic (exact) mass is 319 g/mol. The molecule has 1 aromatic carbocycles. The zero-order valence-corrected chi connectivity index (χ0v) is 11.7. The van der Waals surface area contributed by atoms with Crippen molar-refractivity contribution in [1.29, 1.82) is 0 Å². The predicted molar refractivity (Wildman–Crippen MR) is 73.4 cm³/mol. The lowest BCUT2D eigenvalue weighted by atomic mass is 10.3. The number of rotatable bonds is 2. The molecule has 0 spiro atoms. The van der Waals surface area contributed by atoms with Crippen LogP contribution in [-0.2, 0) is 7.05 Å². The van der Waals surface area contributed by atoms with Gasteiger partial charge in [0, 0.05) is 11.1 Å². The zero-order chi connectivity index (χ0) is 15.9. The topological polar surface area (TPSA) is 28.6 Å². The normalized spacial score (nSPS) is 11.1. The van der Waals surface area contributed by atoms with Crippen LogP contribution < -0.4 is 4.57 Å². The molecule has 1 aromatic heterocycles. The van der Waals surface area contributed by atoms with E-state index in [9.17, 15) is 17.3 Å². The molecule has 0 radical (unpaired) electrons. The standard InChI is InChI=1S/C12H11ClN3.BF4/c1-16-9-3-2-4-12(16)15-14-11-7-5-10(13)6-8-11;2-1(3,4)5/h2-9H,1H3;/q+1;-1. The van der Waals surface area contributed by atoms with Crippen molar-refractivity contribution in [1.82, 2.24) is 0 Å². The minimum absolute atomic E-state index is 0.698. The number of aryl methyl sites for hydroxylation is 1. The molecule has 0 atom stereocenters. The average molecular weight is 319 g/mol. The van der Waals surface area contributed by atoms with E-state index in [1.54, 1.807) is 12.1 Å². The maximum atomic E-state index is 9.75. The van der Waals surface area contributed by atoms with E-state index < -0.39 is 7.25 Å². The molecular weight excluding hydrogens is 308 g/mol. The first kappa shape index (κ1) is 17.1. The van der Waals surface area contributed by atoms with E-state index in [0.717, 1.165) is 11.5 Å². The zero-order valence-electron chi connectivity index (χ0n) is 10.9. The third kappa shape index (κ3) is 8.03. The first-order valence-corrected chi connectivity index (χ1v) is 6.13. The number of nitrogens with zero attached hydrogens (tertiary/aromatic N) is 3. The average Bonchev–Trinajstić information content (AvgIpc) is 2.38. The summed E-state index contributed by atoms with van der Waals surface area (Å²) < 4.78 is 40.9. The summed E-state index contributed by atoms with van der Waals surface area (Å²) in [7, 11) is -4.07. The van der Waals surface area contributed by atoms with E-state index in [4.69, 9.17) is 11.6 Å². The van der Waals surface area contributed by atoms with Gasteiger partial charge in [-0.1, -0.05) is 17.7 Å². The van der Waals surface area contributed by atoms with Crippen molar-refractivity contribution < 1.29 is 21.8 Å². The Morgan fingerprint density at radius 3 is 2.05 bits per heavy atom. The Morgan fingerprint density at radius 2 is 1.52 bits per heavy atom. The van der Waals surface area contributed by atoms with Crippen molar-refractivity contribution in [2.75, 3.05) is 0 Å². The van der Waals surface area contributed by atoms with E-state index in [1.165, 1.54) is 0 Å². The van der Waals surface area contributed by atoms with Crippen LogP contribution in [-0.4, -0.2) is 7.25 Å². The predicted octanol–water partition coefficient (Wildman–Crippen LogP) is 4.88. The van der Waals surface area contributed by atoms with Crippen LogP contribution in [0.4, 0.5) is 28.8 Å². The van der Waals surface area contributed by atoms with E-state index in [0.29, 0.717) is 5.02 Å². The molecule has 0 saturated carbocycles. The Bertz CT molecular complexity index is 596. The Kier molecular flexibility index (Phi) is 6.29. The second-order valence-electron chi connectivity index (χ2n) is 3.84. The quantitative estimate of drug-likeness (QED) is 0.327. The largest absolute Gasteiger partial charge is 0.673 e. The van der Waals surface area contributed by atoms with Gasteiger partial charge in [0.2, 0.25) is 0 Å². The first-order chi connectivity index (χ1) is 9.75. The van der Waals surface area contributed by atoms with Crippen LogP contribution in [0.5, 0.6) is 0 Å². The summed E-state index contributed by atoms with van der Waals surface area (Å²) >= 11 is 5.78. The molecule has 0 bridgehead atoms. The molecule has 2 rings (SSSR count). The smallest absolute Gasteiger partial charge is 0.418 e. The Morgan fingerprint density at radius 1 is 0.952 bits per heavy atom. The molecule has 21 heavy (non-hydrogen) atoms. The molecule has 0 unspecified atom stereocenters. The van der Waals surface area contributed by atoms with Gasteiger partial charge in [0.1, 0.15) is 5.69 Å². The molecule has 9 heteroatoms. The number of hydrogen-bond acceptors (Lipinski definition) is 2. The lowest BCUT2D eigenvalue weighted by Crippen LogP contribution is -2.26. The minimum Gasteiger partial charge on any atom is -0.418 e. The second kappa shape index (κ2) is 7.73. The number of azo groups is 1. The number of pyridine rings is 1. The molecule has 0 N–H and O–H groups in total. The number of halogens is 5. The lowest BCUT2D eigenvalue weighted by Gasteiger charge is -1.94. The maximum absolute atomic E-state index is 9.75. The molecule has 112 valence electrons. The Labute approximate surface area is 124 Å². The molecule has 0 aliphatic carbocycles. The number of aromatic nitrogens is 1. The summed E-state index contributed by atoms with van der Waals surface area (Å²) in [5.41, 5.74) is 0.785. The van der Waals surface area contributed by atoms with Gasteiger partial charge in [-0.3, -0.25) is 0 Å². The van der Waals surface area contributed by atoms with Gasteiger partial charge in [0.05, 0.1) is 18.4 Å². The molecule has 0 fully saturated rings. The van der Waals surface area contributed by atoms with Crippen LogP contribution >= 0.6 is 11.6 Å². The van der Waals surface area contributed by atoms with Gasteiger partial charge in [-0.25, -0.2) is 4.57 Å². The van der Waals surface area contributed by atoms with Crippen molar-refractivity contribution in [3.05, 3.63) is 53.7 Å². The molecular formula is C12H11BClF4N3. The van der Waals surface area contributed by atoms with Crippen LogP contribution in [0.1, 0.15) is 0 Å². The molecule has 0 saturated heterocycles. The summed E-state index contributed by atoms with van der Waals surface area (Å²) in [4.78, 5) is 0. The SMILES string of the molecule is C[n+]1ccccc1N=Nc1ccc(Cl)cc1.F[B-](F)(F)F. The third-order valence-corrected chi connectivity index (χ3v) is 2.37. The van der Waals surface area contributed by atoms with Crippen molar-refractivity contribution in [2.24, 2.45) is 17.3 Å². The Balaban J connectivity index is 0.000000383. The van der Waals surface area contributed by atoms with E-state index in [2.05, 4.69) is 10.2 Å². The fourth-order valence-electron chi connectivity index (χ4n) is 1.23. The van der Waals surface area contributed by atoms with E-state index >= 15 is 0 Å². The number of benzene rings is 1. The van der Waals surface area contributed by atoms with Gasteiger partial charge in [-0.05, 0) is 35.4 Å². The van der Waals surface area contributed by atoms with Crippen LogP contribution in [0, 0.1) is 0 Å². The van der Waals surface area contributed by atoms with Crippen molar-refractivity contribution in [3.63, 3.8) is 0 Å².